The molecule has 0 spiro atoms. The van der Waals surface area contributed by atoms with Crippen molar-refractivity contribution in [2.45, 2.75) is 39.7 Å². The Labute approximate surface area is 206 Å². The highest BCUT2D eigenvalue weighted by molar-refractivity contribution is 6.32. The van der Waals surface area contributed by atoms with Crippen LogP contribution in [0.1, 0.15) is 33.6 Å². The normalized spacial score (nSPS) is 17.9. The van der Waals surface area contributed by atoms with Gasteiger partial charge in [0.15, 0.2) is 0 Å². The van der Waals surface area contributed by atoms with Gasteiger partial charge in [0.2, 0.25) is 5.91 Å². The molecule has 1 aliphatic rings. The van der Waals surface area contributed by atoms with Crippen molar-refractivity contribution in [3.8, 4) is 17.2 Å². The van der Waals surface area contributed by atoms with Crippen LogP contribution < -0.4 is 19.5 Å². The fourth-order valence-electron chi connectivity index (χ4n) is 4.10. The number of anilines is 1. The second-order valence-corrected chi connectivity index (χ2v) is 9.82. The molecule has 1 N–H and O–H groups in total. The highest BCUT2D eigenvalue weighted by Gasteiger charge is 2.37. The maximum Gasteiger partial charge on any atom is 0.221 e. The van der Waals surface area contributed by atoms with E-state index in [1.165, 1.54) is 6.92 Å². The van der Waals surface area contributed by atoms with Gasteiger partial charge in [-0.1, -0.05) is 37.0 Å². The largest absolute Gasteiger partial charge is 0.495 e. The molecular weight excluding hydrogens is 463 g/mol. The number of amides is 1. The number of halogens is 2. The summed E-state index contributed by atoms with van der Waals surface area (Å²) in [6.45, 7) is 9.27. The first-order valence-electron chi connectivity index (χ1n) is 11.1. The van der Waals surface area contributed by atoms with Gasteiger partial charge in [0.1, 0.15) is 23.4 Å². The number of rotatable bonds is 9. The number of carbonyl (C=O) groups excluding carboxylic acids is 1. The Morgan fingerprint density at radius 3 is 2.55 bits per heavy atom. The summed E-state index contributed by atoms with van der Waals surface area (Å²) in [4.78, 5) is 14.0. The highest BCUT2D eigenvalue weighted by atomic mass is 35.5. The third-order valence-electron chi connectivity index (χ3n) is 5.74. The van der Waals surface area contributed by atoms with Crippen LogP contribution in [0.15, 0.2) is 36.4 Å². The van der Waals surface area contributed by atoms with Gasteiger partial charge in [-0.2, -0.15) is 0 Å². The Kier molecular flexibility index (Phi) is 8.74. The number of benzene rings is 2. The molecule has 2 aromatic rings. The van der Waals surface area contributed by atoms with Gasteiger partial charge in [0.05, 0.1) is 24.4 Å². The molecule has 1 amide bonds. The lowest BCUT2D eigenvalue weighted by Crippen LogP contribution is -2.51. The van der Waals surface area contributed by atoms with E-state index in [9.17, 15) is 4.79 Å². The third kappa shape index (κ3) is 7.16. The molecule has 0 radical (unpaired) electrons. The van der Waals surface area contributed by atoms with Gasteiger partial charge in [-0.3, -0.25) is 4.79 Å². The zero-order chi connectivity index (χ0) is 24.0. The average molecular weight is 495 g/mol. The molecule has 0 bridgehead atoms. The third-order valence-corrected chi connectivity index (χ3v) is 6.29. The summed E-state index contributed by atoms with van der Waals surface area (Å²) < 4.78 is 17.5. The van der Waals surface area contributed by atoms with Crippen LogP contribution in [0.3, 0.4) is 0 Å². The topological polar surface area (TPSA) is 60.0 Å². The molecule has 6 nitrogen and oxygen atoms in total. The number of piperidine rings is 1. The van der Waals surface area contributed by atoms with Gasteiger partial charge in [0.25, 0.3) is 0 Å². The van der Waals surface area contributed by atoms with Gasteiger partial charge >= 0.3 is 0 Å². The van der Waals surface area contributed by atoms with E-state index in [0.29, 0.717) is 33.8 Å². The van der Waals surface area contributed by atoms with E-state index in [2.05, 4.69) is 24.1 Å². The first kappa shape index (κ1) is 25.5. The molecule has 1 heterocycles. The Balaban J connectivity index is 1.50. The zero-order valence-electron chi connectivity index (χ0n) is 19.6. The summed E-state index contributed by atoms with van der Waals surface area (Å²) in [5, 5.41) is 3.88. The summed E-state index contributed by atoms with van der Waals surface area (Å²) in [7, 11) is 1.55. The van der Waals surface area contributed by atoms with Crippen molar-refractivity contribution in [3.05, 3.63) is 46.4 Å². The molecule has 1 atom stereocenters. The molecule has 180 valence electrons. The van der Waals surface area contributed by atoms with Crippen molar-refractivity contribution in [3.63, 3.8) is 0 Å². The predicted molar refractivity (Wildman–Crippen MR) is 133 cm³/mol. The lowest BCUT2D eigenvalue weighted by molar-refractivity contribution is -0.114. The van der Waals surface area contributed by atoms with Crippen LogP contribution in [0.5, 0.6) is 17.2 Å². The van der Waals surface area contributed by atoms with Crippen molar-refractivity contribution in [2.24, 2.45) is 5.41 Å². The highest BCUT2D eigenvalue weighted by Crippen LogP contribution is 2.36. The molecule has 1 saturated heterocycles. The van der Waals surface area contributed by atoms with Gasteiger partial charge in [-0.15, -0.1) is 0 Å². The Morgan fingerprint density at radius 2 is 1.91 bits per heavy atom. The van der Waals surface area contributed by atoms with Crippen LogP contribution in [0, 0.1) is 5.41 Å². The standard InChI is InChI=1S/C25H32Cl2N2O4/c1-17(30)28-21-14-20(27)22(31-4)15-23(21)32-13-5-11-29-12-10-24(25(2,3)16-29)33-19-8-6-18(26)7-9-19/h6-9,14-15,24H,5,10-13,16H2,1-4H3,(H,28,30). The molecule has 1 fully saturated rings. The summed E-state index contributed by atoms with van der Waals surface area (Å²) in [6.07, 6.45) is 1.95. The van der Waals surface area contributed by atoms with E-state index in [1.807, 2.05) is 24.3 Å². The van der Waals surface area contributed by atoms with Crippen LogP contribution in [0.4, 0.5) is 5.69 Å². The van der Waals surface area contributed by atoms with Crippen molar-refractivity contribution < 1.29 is 19.0 Å². The number of carbonyl (C=O) groups is 1. The van der Waals surface area contributed by atoms with Crippen molar-refractivity contribution in [2.75, 3.05) is 38.7 Å². The number of hydrogen-bond acceptors (Lipinski definition) is 5. The van der Waals surface area contributed by atoms with Crippen LogP contribution in [-0.4, -0.2) is 50.3 Å². The Bertz CT molecular complexity index is 950. The van der Waals surface area contributed by atoms with Crippen molar-refractivity contribution >= 4 is 34.8 Å². The smallest absolute Gasteiger partial charge is 0.221 e. The van der Waals surface area contributed by atoms with Crippen LogP contribution in [0.25, 0.3) is 0 Å². The van der Waals surface area contributed by atoms with E-state index in [4.69, 9.17) is 37.4 Å². The SMILES string of the molecule is COc1cc(OCCCN2CCC(Oc3ccc(Cl)cc3)C(C)(C)C2)c(NC(C)=O)cc1Cl. The van der Waals surface area contributed by atoms with Gasteiger partial charge < -0.3 is 24.4 Å². The molecule has 8 heteroatoms. The Morgan fingerprint density at radius 1 is 1.18 bits per heavy atom. The average Bonchev–Trinajstić information content (AvgIpc) is 2.75. The molecule has 0 aliphatic carbocycles. The number of methoxy groups -OCH3 is 1. The fourth-order valence-corrected chi connectivity index (χ4v) is 4.47. The summed E-state index contributed by atoms with van der Waals surface area (Å²) in [5.74, 6) is 1.71. The second kappa shape index (κ2) is 11.3. The van der Waals surface area contributed by atoms with Crippen molar-refractivity contribution in [1.82, 2.24) is 4.90 Å². The summed E-state index contributed by atoms with van der Waals surface area (Å²) in [6, 6.07) is 10.9. The lowest BCUT2D eigenvalue weighted by Gasteiger charge is -2.44. The number of hydrogen-bond donors (Lipinski definition) is 1. The molecule has 33 heavy (non-hydrogen) atoms. The maximum atomic E-state index is 11.5. The number of nitrogens with zero attached hydrogens (tertiary/aromatic N) is 1. The number of ether oxygens (including phenoxy) is 3. The van der Waals surface area contributed by atoms with Gasteiger partial charge in [0, 0.05) is 43.1 Å². The molecule has 0 saturated carbocycles. The quantitative estimate of drug-likeness (QED) is 0.439. The molecule has 2 aromatic carbocycles. The van der Waals surface area contributed by atoms with Gasteiger partial charge in [-0.05, 0) is 43.2 Å². The van der Waals surface area contributed by atoms with E-state index in [-0.39, 0.29) is 17.4 Å². The molecule has 0 aromatic heterocycles. The van der Waals surface area contributed by atoms with Crippen LogP contribution in [-0.2, 0) is 4.79 Å². The first-order valence-corrected chi connectivity index (χ1v) is 11.9. The predicted octanol–water partition coefficient (Wildman–Crippen LogP) is 5.91. The van der Waals surface area contributed by atoms with Gasteiger partial charge in [-0.25, -0.2) is 0 Å². The molecular formula is C25H32Cl2N2O4. The number of nitrogens with one attached hydrogen (secondary N) is 1. The van der Waals surface area contributed by atoms with Crippen molar-refractivity contribution in [1.29, 1.82) is 0 Å². The molecule has 3 rings (SSSR count). The summed E-state index contributed by atoms with van der Waals surface area (Å²) in [5.41, 5.74) is 0.551. The summed E-state index contributed by atoms with van der Waals surface area (Å²) >= 11 is 12.2. The van der Waals surface area contributed by atoms with Crippen LogP contribution in [0.2, 0.25) is 10.0 Å². The Hall–Kier alpha value is -2.15. The van der Waals surface area contributed by atoms with E-state index < -0.39 is 0 Å². The van der Waals surface area contributed by atoms with E-state index >= 15 is 0 Å². The minimum Gasteiger partial charge on any atom is -0.495 e. The van der Waals surface area contributed by atoms with Crippen LogP contribution >= 0.6 is 23.2 Å². The maximum absolute atomic E-state index is 11.5. The molecule has 1 unspecified atom stereocenters. The lowest BCUT2D eigenvalue weighted by atomic mass is 9.81. The number of likely N-dealkylation sites (tertiary alicyclic amines) is 1. The fraction of sp³-hybridized carbons (Fsp3) is 0.480. The van der Waals surface area contributed by atoms with E-state index in [1.54, 1.807) is 19.2 Å². The first-order chi connectivity index (χ1) is 15.7. The minimum atomic E-state index is -0.188. The zero-order valence-corrected chi connectivity index (χ0v) is 21.1. The molecule has 1 aliphatic heterocycles. The van der Waals surface area contributed by atoms with E-state index in [0.717, 1.165) is 38.2 Å². The minimum absolute atomic E-state index is 0.0147. The monoisotopic (exact) mass is 494 g/mol. The second-order valence-electron chi connectivity index (χ2n) is 8.98.